The summed E-state index contributed by atoms with van der Waals surface area (Å²) in [5.41, 5.74) is 0. The first-order valence-electron chi connectivity index (χ1n) is 5.39. The second-order valence-corrected chi connectivity index (χ2v) is 6.53. The lowest BCUT2D eigenvalue weighted by Crippen LogP contribution is -2.28. The van der Waals surface area contributed by atoms with Crippen molar-refractivity contribution in [3.63, 3.8) is 0 Å². The standard InChI is InChI=1S/C7H15BO10P2/c1-14-4-16-20(12,13)15-3-6-5(2-7(8)17-6)18-19(9,10)11/h5-7H,2-4H2,1H3,(H,12,13)(H2,9,10,11). The van der Waals surface area contributed by atoms with E-state index in [-0.39, 0.29) is 6.42 Å². The Morgan fingerprint density at radius 3 is 2.50 bits per heavy atom. The van der Waals surface area contributed by atoms with E-state index < -0.39 is 47.3 Å². The minimum Gasteiger partial charge on any atom is -0.380 e. The lowest BCUT2D eigenvalue weighted by atomic mass is 9.96. The van der Waals surface area contributed by atoms with Gasteiger partial charge < -0.3 is 24.2 Å². The predicted octanol–water partition coefficient (Wildman–Crippen LogP) is -0.515. The molecule has 0 bridgehead atoms. The largest absolute Gasteiger partial charge is 0.474 e. The van der Waals surface area contributed by atoms with Gasteiger partial charge in [0.05, 0.1) is 12.7 Å². The van der Waals surface area contributed by atoms with E-state index in [1.165, 1.54) is 7.11 Å². The van der Waals surface area contributed by atoms with Gasteiger partial charge in [-0.25, -0.2) is 9.13 Å². The summed E-state index contributed by atoms with van der Waals surface area (Å²) in [6, 6.07) is -0.821. The number of hydrogen-bond acceptors (Lipinski definition) is 7. The maximum Gasteiger partial charge on any atom is 0.474 e. The second kappa shape index (κ2) is 7.46. The van der Waals surface area contributed by atoms with Gasteiger partial charge in [-0.05, 0) is 6.42 Å². The van der Waals surface area contributed by atoms with Crippen molar-refractivity contribution < 1.29 is 46.9 Å². The second-order valence-electron chi connectivity index (χ2n) is 3.88. The van der Waals surface area contributed by atoms with Crippen molar-refractivity contribution >= 4 is 23.5 Å². The van der Waals surface area contributed by atoms with E-state index in [9.17, 15) is 14.0 Å². The van der Waals surface area contributed by atoms with Crippen LogP contribution in [0.15, 0.2) is 0 Å². The van der Waals surface area contributed by atoms with Crippen LogP contribution in [0, 0.1) is 0 Å². The first-order chi connectivity index (χ1) is 9.13. The summed E-state index contributed by atoms with van der Waals surface area (Å²) in [6.45, 7) is -0.947. The molecule has 0 spiro atoms. The van der Waals surface area contributed by atoms with Gasteiger partial charge in [-0.2, -0.15) is 0 Å². The van der Waals surface area contributed by atoms with Crippen LogP contribution in [0.25, 0.3) is 0 Å². The highest BCUT2D eigenvalue weighted by Crippen LogP contribution is 2.45. The van der Waals surface area contributed by atoms with E-state index >= 15 is 0 Å². The number of ether oxygens (including phenoxy) is 2. The molecule has 3 N–H and O–H groups in total. The molecule has 116 valence electrons. The Hall–Kier alpha value is 0.205. The summed E-state index contributed by atoms with van der Waals surface area (Å²) in [4.78, 5) is 26.7. The maximum atomic E-state index is 11.4. The summed E-state index contributed by atoms with van der Waals surface area (Å²) in [7, 11) is -2.38. The molecule has 1 heterocycles. The highest BCUT2D eigenvalue weighted by atomic mass is 31.2. The molecule has 0 aromatic rings. The van der Waals surface area contributed by atoms with Gasteiger partial charge in [-0.1, -0.05) is 0 Å². The molecule has 2 radical (unpaired) electrons. The van der Waals surface area contributed by atoms with Gasteiger partial charge in [-0.15, -0.1) is 0 Å². The van der Waals surface area contributed by atoms with Crippen molar-refractivity contribution in [1.82, 2.24) is 0 Å². The van der Waals surface area contributed by atoms with Crippen LogP contribution in [0.2, 0.25) is 0 Å². The summed E-state index contributed by atoms with van der Waals surface area (Å²) >= 11 is 0. The van der Waals surface area contributed by atoms with E-state index in [0.29, 0.717) is 0 Å². The molecule has 4 atom stereocenters. The molecule has 10 nitrogen and oxygen atoms in total. The van der Waals surface area contributed by atoms with Crippen LogP contribution in [0.4, 0.5) is 0 Å². The molecule has 0 aromatic heterocycles. The molecule has 1 aliphatic rings. The molecule has 1 rings (SSSR count). The zero-order valence-electron chi connectivity index (χ0n) is 10.5. The molecule has 0 saturated carbocycles. The van der Waals surface area contributed by atoms with Crippen LogP contribution < -0.4 is 0 Å². The van der Waals surface area contributed by atoms with Crippen LogP contribution in [-0.2, 0) is 32.2 Å². The van der Waals surface area contributed by atoms with E-state index in [4.69, 9.17) is 22.4 Å². The van der Waals surface area contributed by atoms with E-state index in [0.717, 1.165) is 0 Å². The quantitative estimate of drug-likeness (QED) is 0.302. The molecular formula is C7H15BO10P2. The van der Waals surface area contributed by atoms with Gasteiger partial charge in [0, 0.05) is 13.1 Å². The number of methoxy groups -OCH3 is 1. The third-order valence-electron chi connectivity index (χ3n) is 2.24. The van der Waals surface area contributed by atoms with E-state index in [1.807, 2.05) is 0 Å². The Bertz CT molecular complexity index is 399. The molecule has 13 heteroatoms. The smallest absolute Gasteiger partial charge is 0.380 e. The predicted molar refractivity (Wildman–Crippen MR) is 64.7 cm³/mol. The van der Waals surface area contributed by atoms with Crippen molar-refractivity contribution in [2.24, 2.45) is 0 Å². The molecule has 4 unspecified atom stereocenters. The molecule has 1 saturated heterocycles. The van der Waals surface area contributed by atoms with Gasteiger partial charge >= 0.3 is 15.6 Å². The third kappa shape index (κ3) is 6.77. The average molecular weight is 332 g/mol. The van der Waals surface area contributed by atoms with Crippen LogP contribution in [0.3, 0.4) is 0 Å². The van der Waals surface area contributed by atoms with Crippen molar-refractivity contribution in [2.45, 2.75) is 24.6 Å². The Kier molecular flexibility index (Phi) is 6.81. The van der Waals surface area contributed by atoms with Gasteiger partial charge in [-0.3, -0.25) is 13.6 Å². The number of rotatable bonds is 8. The summed E-state index contributed by atoms with van der Waals surface area (Å²) in [5, 5.41) is 0. The highest BCUT2D eigenvalue weighted by Gasteiger charge is 2.39. The monoisotopic (exact) mass is 332 g/mol. The van der Waals surface area contributed by atoms with Crippen LogP contribution >= 0.6 is 15.6 Å². The number of phosphoric ester groups is 2. The highest BCUT2D eigenvalue weighted by molar-refractivity contribution is 7.47. The average Bonchev–Trinajstić information content (AvgIpc) is 2.62. The van der Waals surface area contributed by atoms with Crippen molar-refractivity contribution in [3.05, 3.63) is 0 Å². The van der Waals surface area contributed by atoms with Crippen molar-refractivity contribution in [1.29, 1.82) is 0 Å². The topological polar surface area (TPSA) is 141 Å². The normalized spacial score (nSPS) is 30.3. The zero-order valence-corrected chi connectivity index (χ0v) is 12.3. The molecule has 0 amide bonds. The van der Waals surface area contributed by atoms with Gasteiger partial charge in [0.1, 0.15) is 14.0 Å². The van der Waals surface area contributed by atoms with Crippen LogP contribution in [0.1, 0.15) is 6.42 Å². The van der Waals surface area contributed by atoms with Crippen LogP contribution in [0.5, 0.6) is 0 Å². The lowest BCUT2D eigenvalue weighted by Gasteiger charge is -2.20. The van der Waals surface area contributed by atoms with Crippen molar-refractivity contribution in [3.8, 4) is 0 Å². The number of hydrogen-bond donors (Lipinski definition) is 3. The Morgan fingerprint density at radius 1 is 1.30 bits per heavy atom. The SMILES string of the molecule is [B]C1CC(OP(=O)(O)O)C(COP(=O)(O)OCOC)O1. The Morgan fingerprint density at radius 2 is 1.95 bits per heavy atom. The molecule has 1 fully saturated rings. The Balaban J connectivity index is 2.52. The van der Waals surface area contributed by atoms with Gasteiger partial charge in [0.15, 0.2) is 6.79 Å². The number of phosphoric acid groups is 2. The fourth-order valence-electron chi connectivity index (χ4n) is 1.51. The third-order valence-corrected chi connectivity index (χ3v) is 3.69. The summed E-state index contributed by atoms with van der Waals surface area (Å²) in [6.07, 6.45) is -2.06. The van der Waals surface area contributed by atoms with Crippen molar-refractivity contribution in [2.75, 3.05) is 20.5 Å². The Labute approximate surface area is 116 Å². The molecule has 1 aliphatic heterocycles. The fraction of sp³-hybridized carbons (Fsp3) is 1.00. The first kappa shape index (κ1) is 18.3. The van der Waals surface area contributed by atoms with Gasteiger partial charge in [0.2, 0.25) is 0 Å². The fourth-order valence-corrected chi connectivity index (χ4v) is 2.73. The minimum absolute atomic E-state index is 0.00773. The molecule has 0 aromatic carbocycles. The summed E-state index contributed by atoms with van der Waals surface area (Å²) in [5.74, 6) is 0. The van der Waals surface area contributed by atoms with E-state index in [1.54, 1.807) is 0 Å². The molecular weight excluding hydrogens is 317 g/mol. The molecule has 0 aliphatic carbocycles. The first-order valence-corrected chi connectivity index (χ1v) is 8.41. The summed E-state index contributed by atoms with van der Waals surface area (Å²) < 4.78 is 45.1. The van der Waals surface area contributed by atoms with E-state index in [2.05, 4.69) is 18.3 Å². The van der Waals surface area contributed by atoms with Gasteiger partial charge in [0.25, 0.3) is 0 Å². The lowest BCUT2D eigenvalue weighted by molar-refractivity contribution is -0.0201. The minimum atomic E-state index is -4.73. The van der Waals surface area contributed by atoms with Crippen LogP contribution in [-0.4, -0.2) is 61.2 Å². The molecule has 20 heavy (non-hydrogen) atoms. The maximum absolute atomic E-state index is 11.4. The zero-order chi connectivity index (χ0) is 15.4.